The van der Waals surface area contributed by atoms with Crippen LogP contribution in [-0.2, 0) is 4.79 Å². The molecular formula is C15H21ClN4O2. The number of carbonyl (C=O) groups is 1. The maximum atomic E-state index is 11.1. The molecule has 22 heavy (non-hydrogen) atoms. The second kappa shape index (κ2) is 7.07. The molecule has 7 heteroatoms. The summed E-state index contributed by atoms with van der Waals surface area (Å²) in [6.07, 6.45) is 8.80. The summed E-state index contributed by atoms with van der Waals surface area (Å²) in [6.45, 7) is 1.70. The van der Waals surface area contributed by atoms with Gasteiger partial charge in [0.1, 0.15) is 5.82 Å². The molecule has 0 saturated heterocycles. The molecule has 1 aliphatic carbocycles. The van der Waals surface area contributed by atoms with E-state index in [0.717, 1.165) is 19.3 Å². The number of hydrogen-bond donors (Lipinski definition) is 3. The SMILES string of the molecule is CC(=O)NC[C@]1(O)CCCCC1/C=C\c1cnc(Cl)nc1N. The van der Waals surface area contributed by atoms with Crippen molar-refractivity contribution in [3.05, 3.63) is 23.1 Å². The van der Waals surface area contributed by atoms with Crippen LogP contribution >= 0.6 is 11.6 Å². The van der Waals surface area contributed by atoms with Gasteiger partial charge in [-0.15, -0.1) is 0 Å². The molecule has 1 saturated carbocycles. The van der Waals surface area contributed by atoms with Crippen molar-refractivity contribution in [3.8, 4) is 0 Å². The molecule has 2 atom stereocenters. The third-order valence-corrected chi connectivity index (χ3v) is 4.22. The fourth-order valence-corrected chi connectivity index (χ4v) is 2.89. The molecule has 6 nitrogen and oxygen atoms in total. The lowest BCUT2D eigenvalue weighted by molar-refractivity contribution is -0.121. The molecule has 2 rings (SSSR count). The summed E-state index contributed by atoms with van der Waals surface area (Å²) in [7, 11) is 0. The number of amides is 1. The molecular weight excluding hydrogens is 304 g/mol. The van der Waals surface area contributed by atoms with Gasteiger partial charge in [0, 0.05) is 31.1 Å². The molecule has 1 amide bonds. The number of rotatable bonds is 4. The van der Waals surface area contributed by atoms with Crippen LogP contribution in [0, 0.1) is 5.92 Å². The van der Waals surface area contributed by atoms with E-state index in [1.807, 2.05) is 6.08 Å². The maximum Gasteiger partial charge on any atom is 0.224 e. The summed E-state index contributed by atoms with van der Waals surface area (Å²) in [5, 5.41) is 13.6. The number of hydrogen-bond acceptors (Lipinski definition) is 5. The summed E-state index contributed by atoms with van der Waals surface area (Å²) in [5.41, 5.74) is 5.53. The number of aliphatic hydroxyl groups is 1. The van der Waals surface area contributed by atoms with Crippen LogP contribution in [0.5, 0.6) is 0 Å². The van der Waals surface area contributed by atoms with Crippen LogP contribution in [0.1, 0.15) is 38.2 Å². The van der Waals surface area contributed by atoms with Crippen LogP contribution in [0.25, 0.3) is 6.08 Å². The fraction of sp³-hybridized carbons (Fsp3) is 0.533. The van der Waals surface area contributed by atoms with Crippen molar-refractivity contribution < 1.29 is 9.90 Å². The van der Waals surface area contributed by atoms with E-state index in [9.17, 15) is 9.90 Å². The first-order valence-electron chi connectivity index (χ1n) is 7.34. The Hall–Kier alpha value is -1.66. The van der Waals surface area contributed by atoms with E-state index in [2.05, 4.69) is 15.3 Å². The summed E-state index contributed by atoms with van der Waals surface area (Å²) in [5.74, 6) is 0.109. The Kier molecular flexibility index (Phi) is 5.37. The van der Waals surface area contributed by atoms with Crippen molar-refractivity contribution in [3.63, 3.8) is 0 Å². The van der Waals surface area contributed by atoms with Crippen molar-refractivity contribution in [2.24, 2.45) is 5.92 Å². The Balaban J connectivity index is 2.13. The molecule has 0 spiro atoms. The van der Waals surface area contributed by atoms with Crippen LogP contribution in [0.2, 0.25) is 5.28 Å². The van der Waals surface area contributed by atoms with Gasteiger partial charge in [0.05, 0.1) is 5.60 Å². The second-order valence-corrected chi connectivity index (χ2v) is 6.04. The smallest absolute Gasteiger partial charge is 0.224 e. The van der Waals surface area contributed by atoms with Gasteiger partial charge in [-0.05, 0) is 24.4 Å². The number of nitrogens with two attached hydrogens (primary N) is 1. The van der Waals surface area contributed by atoms with E-state index in [1.54, 1.807) is 12.3 Å². The van der Waals surface area contributed by atoms with Gasteiger partial charge in [-0.3, -0.25) is 4.79 Å². The number of nitrogens with zero attached hydrogens (tertiary/aromatic N) is 2. The van der Waals surface area contributed by atoms with Gasteiger partial charge in [-0.2, -0.15) is 0 Å². The Labute approximate surface area is 134 Å². The lowest BCUT2D eigenvalue weighted by atomic mass is 9.75. The zero-order chi connectivity index (χ0) is 16.2. The molecule has 1 heterocycles. The Morgan fingerprint density at radius 2 is 2.41 bits per heavy atom. The second-order valence-electron chi connectivity index (χ2n) is 5.70. The number of aromatic nitrogens is 2. The summed E-state index contributed by atoms with van der Waals surface area (Å²) >= 11 is 5.68. The zero-order valence-corrected chi connectivity index (χ0v) is 13.3. The van der Waals surface area contributed by atoms with Crippen LogP contribution in [0.3, 0.4) is 0 Å². The van der Waals surface area contributed by atoms with Gasteiger partial charge in [-0.25, -0.2) is 9.97 Å². The van der Waals surface area contributed by atoms with E-state index in [1.165, 1.54) is 6.92 Å². The molecule has 1 fully saturated rings. The highest BCUT2D eigenvalue weighted by atomic mass is 35.5. The molecule has 0 aromatic carbocycles. The predicted octanol–water partition coefficient (Wildman–Crippen LogP) is 1.78. The molecule has 4 N–H and O–H groups in total. The topological polar surface area (TPSA) is 101 Å². The monoisotopic (exact) mass is 324 g/mol. The Bertz CT molecular complexity index is 579. The van der Waals surface area contributed by atoms with Crippen LogP contribution in [-0.4, -0.2) is 33.1 Å². The third-order valence-electron chi connectivity index (χ3n) is 4.04. The molecule has 120 valence electrons. The van der Waals surface area contributed by atoms with Gasteiger partial charge in [-0.1, -0.05) is 25.0 Å². The first-order chi connectivity index (χ1) is 10.4. The molecule has 1 aliphatic rings. The number of nitrogens with one attached hydrogen (secondary N) is 1. The van der Waals surface area contributed by atoms with Crippen molar-refractivity contribution in [1.29, 1.82) is 0 Å². The third kappa shape index (κ3) is 4.18. The van der Waals surface area contributed by atoms with Gasteiger partial charge in [0.15, 0.2) is 0 Å². The van der Waals surface area contributed by atoms with E-state index < -0.39 is 5.60 Å². The standard InChI is InChI=1S/C15H21ClN4O2/c1-10(21)19-9-15(22)7-3-2-4-12(15)6-5-11-8-18-14(16)20-13(11)17/h5-6,8,12,22H,2-4,7,9H2,1H3,(H,19,21)(H2,17,18,20)/b6-5-/t12?,15-/m1/s1. The number of nitrogen functional groups attached to an aromatic ring is 1. The minimum absolute atomic E-state index is 0.0526. The lowest BCUT2D eigenvalue weighted by Gasteiger charge is -2.38. The summed E-state index contributed by atoms with van der Waals surface area (Å²) < 4.78 is 0. The Morgan fingerprint density at radius 3 is 3.09 bits per heavy atom. The van der Waals surface area contributed by atoms with Gasteiger partial charge in [0.2, 0.25) is 11.2 Å². The molecule has 1 aromatic heterocycles. The summed E-state index contributed by atoms with van der Waals surface area (Å²) in [6, 6.07) is 0. The highest BCUT2D eigenvalue weighted by Crippen LogP contribution is 2.35. The minimum Gasteiger partial charge on any atom is -0.387 e. The average molecular weight is 325 g/mol. The van der Waals surface area contributed by atoms with Crippen LogP contribution in [0.15, 0.2) is 12.3 Å². The van der Waals surface area contributed by atoms with E-state index in [-0.39, 0.29) is 23.7 Å². The van der Waals surface area contributed by atoms with Crippen molar-refractivity contribution >= 4 is 29.4 Å². The van der Waals surface area contributed by atoms with Crippen LogP contribution in [0.4, 0.5) is 5.82 Å². The highest BCUT2D eigenvalue weighted by molar-refractivity contribution is 6.28. The van der Waals surface area contributed by atoms with Crippen LogP contribution < -0.4 is 11.1 Å². The molecule has 0 aliphatic heterocycles. The van der Waals surface area contributed by atoms with E-state index >= 15 is 0 Å². The lowest BCUT2D eigenvalue weighted by Crippen LogP contribution is -2.49. The fourth-order valence-electron chi connectivity index (χ4n) is 2.75. The van der Waals surface area contributed by atoms with Gasteiger partial charge >= 0.3 is 0 Å². The van der Waals surface area contributed by atoms with Crippen molar-refractivity contribution in [1.82, 2.24) is 15.3 Å². The molecule has 1 unspecified atom stereocenters. The minimum atomic E-state index is -0.928. The molecule has 0 bridgehead atoms. The van der Waals surface area contributed by atoms with Crippen molar-refractivity contribution in [2.75, 3.05) is 12.3 Å². The molecule has 1 aromatic rings. The quantitative estimate of drug-likeness (QED) is 0.733. The maximum absolute atomic E-state index is 11.1. The first-order valence-corrected chi connectivity index (χ1v) is 7.71. The van der Waals surface area contributed by atoms with Gasteiger partial charge < -0.3 is 16.2 Å². The highest BCUT2D eigenvalue weighted by Gasteiger charge is 2.37. The zero-order valence-electron chi connectivity index (χ0n) is 12.6. The number of carbonyl (C=O) groups excluding carboxylic acids is 1. The largest absolute Gasteiger partial charge is 0.387 e. The number of halogens is 1. The van der Waals surface area contributed by atoms with E-state index in [0.29, 0.717) is 17.8 Å². The van der Waals surface area contributed by atoms with Crippen molar-refractivity contribution in [2.45, 2.75) is 38.2 Å². The van der Waals surface area contributed by atoms with Gasteiger partial charge in [0.25, 0.3) is 0 Å². The Morgan fingerprint density at radius 1 is 1.64 bits per heavy atom. The number of anilines is 1. The molecule has 0 radical (unpaired) electrons. The predicted molar refractivity (Wildman–Crippen MR) is 86.1 cm³/mol. The van der Waals surface area contributed by atoms with E-state index in [4.69, 9.17) is 17.3 Å². The first kappa shape index (κ1) is 16.7. The summed E-state index contributed by atoms with van der Waals surface area (Å²) in [4.78, 5) is 18.9. The normalized spacial score (nSPS) is 25.3. The average Bonchev–Trinajstić information content (AvgIpc) is 2.46.